The van der Waals surface area contributed by atoms with Crippen LogP contribution in [0.5, 0.6) is 0 Å². The Morgan fingerprint density at radius 1 is 1.32 bits per heavy atom. The lowest BCUT2D eigenvalue weighted by molar-refractivity contribution is -0.121. The molecule has 128 valence electrons. The van der Waals surface area contributed by atoms with Gasteiger partial charge in [-0.05, 0) is 12.8 Å². The smallest absolute Gasteiger partial charge is 0.222 e. The van der Waals surface area contributed by atoms with Crippen LogP contribution < -0.4 is 16.4 Å². The van der Waals surface area contributed by atoms with Gasteiger partial charge in [0.25, 0.3) is 0 Å². The summed E-state index contributed by atoms with van der Waals surface area (Å²) in [6, 6.07) is -0.248. The minimum absolute atomic E-state index is 0.0491. The van der Waals surface area contributed by atoms with Crippen molar-refractivity contribution in [2.75, 3.05) is 24.6 Å². The molecule has 0 radical (unpaired) electrons. The zero-order chi connectivity index (χ0) is 16.4. The van der Waals surface area contributed by atoms with Gasteiger partial charge in [0.15, 0.2) is 15.8 Å². The van der Waals surface area contributed by atoms with E-state index in [1.54, 1.807) is 0 Å². The van der Waals surface area contributed by atoms with Gasteiger partial charge in [-0.2, -0.15) is 0 Å². The lowest BCUT2D eigenvalue weighted by atomic mass is 10.2. The molecule has 22 heavy (non-hydrogen) atoms. The van der Waals surface area contributed by atoms with E-state index in [1.165, 1.54) is 12.8 Å². The fourth-order valence-electron chi connectivity index (χ4n) is 2.31. The van der Waals surface area contributed by atoms with Crippen LogP contribution in [0.2, 0.25) is 0 Å². The van der Waals surface area contributed by atoms with Crippen LogP contribution in [0.4, 0.5) is 0 Å². The van der Waals surface area contributed by atoms with E-state index in [1.807, 2.05) is 0 Å². The molecule has 1 atom stereocenters. The van der Waals surface area contributed by atoms with Gasteiger partial charge in [0, 0.05) is 25.6 Å². The van der Waals surface area contributed by atoms with Crippen molar-refractivity contribution in [2.45, 2.75) is 51.5 Å². The van der Waals surface area contributed by atoms with Gasteiger partial charge in [0.1, 0.15) is 0 Å². The molecule has 0 aromatic rings. The maximum Gasteiger partial charge on any atom is 0.222 e. The molecule has 7 nitrogen and oxygen atoms in total. The Morgan fingerprint density at radius 3 is 2.73 bits per heavy atom. The molecule has 1 heterocycles. The zero-order valence-corrected chi connectivity index (χ0v) is 14.1. The van der Waals surface area contributed by atoms with Crippen molar-refractivity contribution in [2.24, 2.45) is 10.7 Å². The standard InChI is InChI=1S/C14H28N4O3S/c1-2-3-4-5-8-16-14(15)17-9-6-13(19)18-12-7-10-22(20,21)11-12/h12H,2-11H2,1H3,(H,18,19)(H3,15,16,17). The van der Waals surface area contributed by atoms with Crippen molar-refractivity contribution >= 4 is 21.7 Å². The highest BCUT2D eigenvalue weighted by Gasteiger charge is 2.28. The minimum Gasteiger partial charge on any atom is -0.370 e. The van der Waals surface area contributed by atoms with Crippen LogP contribution >= 0.6 is 0 Å². The first-order valence-corrected chi connectivity index (χ1v) is 9.78. The highest BCUT2D eigenvalue weighted by molar-refractivity contribution is 7.91. The minimum atomic E-state index is -2.96. The van der Waals surface area contributed by atoms with E-state index in [2.05, 4.69) is 22.5 Å². The highest BCUT2D eigenvalue weighted by Crippen LogP contribution is 2.11. The number of carbonyl (C=O) groups is 1. The third-order valence-electron chi connectivity index (χ3n) is 3.55. The first kappa shape index (κ1) is 18.7. The van der Waals surface area contributed by atoms with Gasteiger partial charge in [-0.1, -0.05) is 26.2 Å². The third kappa shape index (κ3) is 8.21. The van der Waals surface area contributed by atoms with E-state index in [4.69, 9.17) is 5.73 Å². The first-order chi connectivity index (χ1) is 10.4. The van der Waals surface area contributed by atoms with Gasteiger partial charge in [-0.25, -0.2) is 8.42 Å². The zero-order valence-electron chi connectivity index (χ0n) is 13.3. The summed E-state index contributed by atoms with van der Waals surface area (Å²) in [6.07, 6.45) is 5.33. The van der Waals surface area contributed by atoms with E-state index < -0.39 is 9.84 Å². The summed E-state index contributed by atoms with van der Waals surface area (Å²) < 4.78 is 22.6. The molecule has 0 aliphatic carbocycles. The molecule has 1 saturated heterocycles. The number of hydrogen-bond acceptors (Lipinski definition) is 4. The average Bonchev–Trinajstić information content (AvgIpc) is 2.77. The van der Waals surface area contributed by atoms with E-state index in [-0.39, 0.29) is 29.9 Å². The van der Waals surface area contributed by atoms with Gasteiger partial charge < -0.3 is 16.4 Å². The van der Waals surface area contributed by atoms with E-state index in [9.17, 15) is 13.2 Å². The van der Waals surface area contributed by atoms with Gasteiger partial charge in [-0.15, -0.1) is 0 Å². The summed E-state index contributed by atoms with van der Waals surface area (Å²) in [7, 11) is -2.96. The summed E-state index contributed by atoms with van der Waals surface area (Å²) in [4.78, 5) is 15.9. The van der Waals surface area contributed by atoms with Crippen molar-refractivity contribution in [1.82, 2.24) is 10.6 Å². The van der Waals surface area contributed by atoms with Crippen molar-refractivity contribution < 1.29 is 13.2 Å². The second-order valence-corrected chi connectivity index (χ2v) is 7.90. The van der Waals surface area contributed by atoms with Gasteiger partial charge in [0.05, 0.1) is 11.5 Å². The van der Waals surface area contributed by atoms with Crippen molar-refractivity contribution in [3.8, 4) is 0 Å². The fraction of sp³-hybridized carbons (Fsp3) is 0.857. The summed E-state index contributed by atoms with van der Waals surface area (Å²) in [5.41, 5.74) is 5.70. The predicted octanol–water partition coefficient (Wildman–Crippen LogP) is 0.164. The summed E-state index contributed by atoms with van der Waals surface area (Å²) in [5, 5.41) is 5.63. The molecule has 1 aliphatic heterocycles. The van der Waals surface area contributed by atoms with Crippen LogP contribution in [-0.4, -0.2) is 50.9 Å². The van der Waals surface area contributed by atoms with Crippen LogP contribution in [0.15, 0.2) is 4.99 Å². The molecule has 1 aliphatic rings. The lowest BCUT2D eigenvalue weighted by Gasteiger charge is -2.11. The number of carbonyl (C=O) groups excluding carboxylic acids is 1. The number of aliphatic imine (C=N–C) groups is 1. The number of nitrogens with one attached hydrogen (secondary N) is 2. The third-order valence-corrected chi connectivity index (χ3v) is 5.32. The number of unbranched alkanes of at least 4 members (excludes halogenated alkanes) is 3. The van der Waals surface area contributed by atoms with Gasteiger partial charge in [0.2, 0.25) is 5.91 Å². The number of nitrogens with zero attached hydrogens (tertiary/aromatic N) is 1. The Kier molecular flexibility index (Phi) is 8.22. The Bertz CT molecular complexity index is 476. The Labute approximate surface area is 133 Å². The first-order valence-electron chi connectivity index (χ1n) is 7.96. The number of guanidine groups is 1. The Balaban J connectivity index is 2.10. The molecule has 0 spiro atoms. The topological polar surface area (TPSA) is 114 Å². The SMILES string of the molecule is CCCCCCN=C(N)NCCC(=O)NC1CCS(=O)(=O)C1. The van der Waals surface area contributed by atoms with E-state index in [0.29, 0.717) is 25.5 Å². The Hall–Kier alpha value is -1.31. The van der Waals surface area contributed by atoms with Crippen LogP contribution in [0.25, 0.3) is 0 Å². The van der Waals surface area contributed by atoms with E-state index in [0.717, 1.165) is 12.8 Å². The van der Waals surface area contributed by atoms with Gasteiger partial charge in [-0.3, -0.25) is 9.79 Å². The molecule has 8 heteroatoms. The number of amides is 1. The molecule has 1 rings (SSSR count). The van der Waals surface area contributed by atoms with Crippen molar-refractivity contribution in [3.63, 3.8) is 0 Å². The molecule has 4 N–H and O–H groups in total. The maximum atomic E-state index is 11.7. The van der Waals surface area contributed by atoms with Gasteiger partial charge >= 0.3 is 0 Å². The largest absolute Gasteiger partial charge is 0.370 e. The van der Waals surface area contributed by atoms with Crippen molar-refractivity contribution in [3.05, 3.63) is 0 Å². The second kappa shape index (κ2) is 9.66. The lowest BCUT2D eigenvalue weighted by Crippen LogP contribution is -2.39. The molecule has 0 aromatic carbocycles. The molecule has 1 fully saturated rings. The molecular formula is C14H28N4O3S. The average molecular weight is 332 g/mol. The van der Waals surface area contributed by atoms with E-state index >= 15 is 0 Å². The van der Waals surface area contributed by atoms with Crippen molar-refractivity contribution in [1.29, 1.82) is 0 Å². The van der Waals surface area contributed by atoms with Crippen LogP contribution in [-0.2, 0) is 14.6 Å². The number of rotatable bonds is 9. The molecule has 0 aromatic heterocycles. The molecule has 0 bridgehead atoms. The Morgan fingerprint density at radius 2 is 2.09 bits per heavy atom. The molecule has 0 saturated carbocycles. The number of sulfone groups is 1. The summed E-state index contributed by atoms with van der Waals surface area (Å²) in [5.74, 6) is 0.402. The number of nitrogens with two attached hydrogens (primary N) is 1. The van der Waals surface area contributed by atoms with Crippen LogP contribution in [0, 0.1) is 0 Å². The molecular weight excluding hydrogens is 304 g/mol. The fourth-order valence-corrected chi connectivity index (χ4v) is 3.98. The highest BCUT2D eigenvalue weighted by atomic mass is 32.2. The monoisotopic (exact) mass is 332 g/mol. The normalized spacial score (nSPS) is 20.8. The van der Waals surface area contributed by atoms with Crippen LogP contribution in [0.3, 0.4) is 0 Å². The molecule has 1 unspecified atom stereocenters. The summed E-state index contributed by atoms with van der Waals surface area (Å²) >= 11 is 0. The number of hydrogen-bond donors (Lipinski definition) is 3. The summed E-state index contributed by atoms with van der Waals surface area (Å²) in [6.45, 7) is 3.26. The second-order valence-electron chi connectivity index (χ2n) is 5.67. The molecule has 1 amide bonds. The van der Waals surface area contributed by atoms with Crippen LogP contribution in [0.1, 0.15) is 45.4 Å². The predicted molar refractivity (Wildman–Crippen MR) is 88.5 cm³/mol. The quantitative estimate of drug-likeness (QED) is 0.316. The maximum absolute atomic E-state index is 11.7.